The number of halogens is 1. The number of aryl methyl sites for hydroxylation is 2. The fourth-order valence-corrected chi connectivity index (χ4v) is 2.61. The molecule has 0 amide bonds. The fraction of sp³-hybridized carbons (Fsp3) is 0.294. The number of aromatic hydroxyl groups is 1. The molecular formula is C17H20BrNO2. The summed E-state index contributed by atoms with van der Waals surface area (Å²) in [7, 11) is 0. The number of ether oxygens (including phenoxy) is 1. The molecule has 0 unspecified atom stereocenters. The minimum atomic E-state index is 0.146. The van der Waals surface area contributed by atoms with Crippen LogP contribution in [0.2, 0.25) is 0 Å². The molecule has 0 aliphatic rings. The van der Waals surface area contributed by atoms with Gasteiger partial charge in [0.05, 0.1) is 11.1 Å². The summed E-state index contributed by atoms with van der Waals surface area (Å²) in [5.41, 5.74) is 4.61. The molecule has 4 heteroatoms. The normalized spacial score (nSPS) is 10.5. The molecule has 2 rings (SSSR count). The Morgan fingerprint density at radius 1 is 1.19 bits per heavy atom. The number of rotatable bonds is 5. The lowest BCUT2D eigenvalue weighted by atomic mass is 10.1. The van der Waals surface area contributed by atoms with Gasteiger partial charge in [-0.2, -0.15) is 0 Å². The van der Waals surface area contributed by atoms with Gasteiger partial charge in [0.2, 0.25) is 0 Å². The van der Waals surface area contributed by atoms with Crippen molar-refractivity contribution in [1.82, 2.24) is 0 Å². The molecule has 0 aliphatic heterocycles. The van der Waals surface area contributed by atoms with Gasteiger partial charge in [0, 0.05) is 12.2 Å². The van der Waals surface area contributed by atoms with Gasteiger partial charge in [0.25, 0.3) is 0 Å². The highest BCUT2D eigenvalue weighted by molar-refractivity contribution is 9.10. The van der Waals surface area contributed by atoms with Gasteiger partial charge < -0.3 is 15.2 Å². The first-order valence-electron chi connectivity index (χ1n) is 6.96. The third kappa shape index (κ3) is 3.91. The van der Waals surface area contributed by atoms with Crippen LogP contribution in [0.15, 0.2) is 34.8 Å². The number of hydrogen-bond acceptors (Lipinski definition) is 3. The molecule has 2 aromatic rings. The standard InChI is InChI=1S/C17H20BrNO2/c1-4-21-16-9-13(8-14(18)17(16)20)10-19-15-7-11(2)5-6-12(15)3/h5-9,19-20H,4,10H2,1-3H3. The monoisotopic (exact) mass is 349 g/mol. The number of nitrogens with one attached hydrogen (secondary N) is 1. The number of hydrogen-bond donors (Lipinski definition) is 2. The molecule has 0 fully saturated rings. The van der Waals surface area contributed by atoms with Crippen LogP contribution in [-0.4, -0.2) is 11.7 Å². The van der Waals surface area contributed by atoms with E-state index in [1.165, 1.54) is 11.1 Å². The Balaban J connectivity index is 2.18. The van der Waals surface area contributed by atoms with Gasteiger partial charge in [-0.15, -0.1) is 0 Å². The maximum Gasteiger partial charge on any atom is 0.172 e. The summed E-state index contributed by atoms with van der Waals surface area (Å²) < 4.78 is 6.09. The Morgan fingerprint density at radius 2 is 1.95 bits per heavy atom. The zero-order chi connectivity index (χ0) is 15.4. The van der Waals surface area contributed by atoms with Gasteiger partial charge in [-0.3, -0.25) is 0 Å². The molecule has 0 heterocycles. The third-order valence-electron chi connectivity index (χ3n) is 3.26. The van der Waals surface area contributed by atoms with E-state index in [4.69, 9.17) is 4.74 Å². The highest BCUT2D eigenvalue weighted by Crippen LogP contribution is 2.35. The first kappa shape index (κ1) is 15.7. The SMILES string of the molecule is CCOc1cc(CNc2cc(C)ccc2C)cc(Br)c1O. The van der Waals surface area contributed by atoms with Crippen LogP contribution in [0.3, 0.4) is 0 Å². The number of anilines is 1. The van der Waals surface area contributed by atoms with Crippen LogP contribution in [0, 0.1) is 13.8 Å². The number of phenolic OH excluding ortho intramolecular Hbond substituents is 1. The summed E-state index contributed by atoms with van der Waals surface area (Å²) in [6.45, 7) is 7.25. The van der Waals surface area contributed by atoms with Crippen LogP contribution in [0.25, 0.3) is 0 Å². The van der Waals surface area contributed by atoms with Crippen LogP contribution in [0.1, 0.15) is 23.6 Å². The molecule has 0 radical (unpaired) electrons. The molecule has 0 aliphatic carbocycles. The lowest BCUT2D eigenvalue weighted by Gasteiger charge is -2.13. The highest BCUT2D eigenvalue weighted by Gasteiger charge is 2.09. The second-order valence-electron chi connectivity index (χ2n) is 5.03. The maximum absolute atomic E-state index is 9.93. The fourth-order valence-electron chi connectivity index (χ4n) is 2.12. The van der Waals surface area contributed by atoms with Crippen molar-refractivity contribution in [3.05, 3.63) is 51.5 Å². The van der Waals surface area contributed by atoms with Crippen molar-refractivity contribution in [2.24, 2.45) is 0 Å². The summed E-state index contributed by atoms with van der Waals surface area (Å²) in [5.74, 6) is 0.650. The van der Waals surface area contributed by atoms with E-state index in [0.29, 0.717) is 23.4 Å². The first-order valence-corrected chi connectivity index (χ1v) is 7.76. The second kappa shape index (κ2) is 6.85. The molecule has 0 spiro atoms. The van der Waals surface area contributed by atoms with Crippen molar-refractivity contribution in [3.8, 4) is 11.5 Å². The van der Waals surface area contributed by atoms with Gasteiger partial charge in [-0.25, -0.2) is 0 Å². The van der Waals surface area contributed by atoms with E-state index in [0.717, 1.165) is 11.3 Å². The molecule has 0 aromatic heterocycles. The van der Waals surface area contributed by atoms with Crippen molar-refractivity contribution < 1.29 is 9.84 Å². The Kier molecular flexibility index (Phi) is 5.12. The van der Waals surface area contributed by atoms with Crippen molar-refractivity contribution in [2.75, 3.05) is 11.9 Å². The number of phenols is 1. The highest BCUT2D eigenvalue weighted by atomic mass is 79.9. The summed E-state index contributed by atoms with van der Waals surface area (Å²) in [6, 6.07) is 10.1. The Morgan fingerprint density at radius 3 is 2.67 bits per heavy atom. The van der Waals surface area contributed by atoms with Crippen molar-refractivity contribution >= 4 is 21.6 Å². The van der Waals surface area contributed by atoms with Crippen LogP contribution in [-0.2, 0) is 6.54 Å². The quantitative estimate of drug-likeness (QED) is 0.815. The predicted molar refractivity (Wildman–Crippen MR) is 90.2 cm³/mol. The molecular weight excluding hydrogens is 330 g/mol. The van der Waals surface area contributed by atoms with Crippen LogP contribution >= 0.6 is 15.9 Å². The van der Waals surface area contributed by atoms with Gasteiger partial charge >= 0.3 is 0 Å². The van der Waals surface area contributed by atoms with Gasteiger partial charge in [0.1, 0.15) is 0 Å². The van der Waals surface area contributed by atoms with E-state index in [1.807, 2.05) is 19.1 Å². The van der Waals surface area contributed by atoms with E-state index in [-0.39, 0.29) is 5.75 Å². The largest absolute Gasteiger partial charge is 0.503 e. The van der Waals surface area contributed by atoms with E-state index in [9.17, 15) is 5.11 Å². The Labute approximate surface area is 134 Å². The molecule has 0 saturated heterocycles. The zero-order valence-electron chi connectivity index (χ0n) is 12.5. The lowest BCUT2D eigenvalue weighted by molar-refractivity contribution is 0.317. The molecule has 2 N–H and O–H groups in total. The minimum Gasteiger partial charge on any atom is -0.503 e. The molecule has 112 valence electrons. The predicted octanol–water partition coefficient (Wildman–Crippen LogP) is 4.78. The van der Waals surface area contributed by atoms with Gasteiger partial charge in [-0.1, -0.05) is 12.1 Å². The van der Waals surface area contributed by atoms with Crippen LogP contribution in [0.4, 0.5) is 5.69 Å². The van der Waals surface area contributed by atoms with E-state index < -0.39 is 0 Å². The third-order valence-corrected chi connectivity index (χ3v) is 3.87. The zero-order valence-corrected chi connectivity index (χ0v) is 14.1. The smallest absolute Gasteiger partial charge is 0.172 e. The molecule has 0 bridgehead atoms. The van der Waals surface area contributed by atoms with Crippen LogP contribution in [0.5, 0.6) is 11.5 Å². The van der Waals surface area contributed by atoms with Crippen molar-refractivity contribution in [3.63, 3.8) is 0 Å². The molecule has 0 atom stereocenters. The minimum absolute atomic E-state index is 0.146. The van der Waals surface area contributed by atoms with Gasteiger partial charge in [0.15, 0.2) is 11.5 Å². The second-order valence-corrected chi connectivity index (χ2v) is 5.88. The van der Waals surface area contributed by atoms with Crippen LogP contribution < -0.4 is 10.1 Å². The average Bonchev–Trinajstić information content (AvgIpc) is 2.45. The Hall–Kier alpha value is -1.68. The molecule has 21 heavy (non-hydrogen) atoms. The lowest BCUT2D eigenvalue weighted by Crippen LogP contribution is -2.02. The maximum atomic E-state index is 9.93. The summed E-state index contributed by atoms with van der Waals surface area (Å²) in [6.07, 6.45) is 0. The van der Waals surface area contributed by atoms with E-state index in [1.54, 1.807) is 0 Å². The van der Waals surface area contributed by atoms with E-state index in [2.05, 4.69) is 53.3 Å². The first-order chi connectivity index (χ1) is 10.0. The Bertz CT molecular complexity index is 641. The summed E-state index contributed by atoms with van der Waals surface area (Å²) in [4.78, 5) is 0. The molecule has 3 nitrogen and oxygen atoms in total. The van der Waals surface area contributed by atoms with Crippen molar-refractivity contribution in [1.29, 1.82) is 0 Å². The number of benzene rings is 2. The van der Waals surface area contributed by atoms with E-state index >= 15 is 0 Å². The molecule has 0 saturated carbocycles. The summed E-state index contributed by atoms with van der Waals surface area (Å²) >= 11 is 3.36. The molecule has 2 aromatic carbocycles. The van der Waals surface area contributed by atoms with Crippen molar-refractivity contribution in [2.45, 2.75) is 27.3 Å². The summed E-state index contributed by atoms with van der Waals surface area (Å²) in [5, 5.41) is 13.4. The topological polar surface area (TPSA) is 41.5 Å². The van der Waals surface area contributed by atoms with Gasteiger partial charge in [-0.05, 0) is 71.6 Å². The average molecular weight is 350 g/mol.